The number of rotatable bonds is 7. The van der Waals surface area contributed by atoms with E-state index in [1.54, 1.807) is 0 Å². The van der Waals surface area contributed by atoms with E-state index in [-0.39, 0.29) is 0 Å². The zero-order chi connectivity index (χ0) is 11.2. The Morgan fingerprint density at radius 2 is 1.94 bits per heavy atom. The molecule has 0 aromatic carbocycles. The Bertz CT molecular complexity index is 188. The fraction of sp³-hybridized carbons (Fsp3) is 1.00. The Labute approximate surface area is 104 Å². The minimum Gasteiger partial charge on any atom is -0.313 e. The maximum Gasteiger partial charge on any atom is 0.0164 e. The number of nitrogens with one attached hydrogen (secondary N) is 2. The predicted molar refractivity (Wildman–Crippen MR) is 73.2 cm³/mol. The fourth-order valence-electron chi connectivity index (χ4n) is 2.27. The third kappa shape index (κ3) is 5.07. The number of hydrogen-bond acceptors (Lipinski definition) is 3. The van der Waals surface area contributed by atoms with Crippen molar-refractivity contribution in [3.63, 3.8) is 0 Å². The standard InChI is InChI=1S/C13H26N2S/c1-11(10-15-13-2-3-13)14-7-4-12-5-8-16-9-6-12/h11-15H,2-10H2,1H3. The van der Waals surface area contributed by atoms with Gasteiger partial charge in [-0.15, -0.1) is 0 Å². The molecule has 0 aromatic heterocycles. The van der Waals surface area contributed by atoms with Gasteiger partial charge in [0.1, 0.15) is 0 Å². The summed E-state index contributed by atoms with van der Waals surface area (Å²) < 4.78 is 0. The zero-order valence-corrected chi connectivity index (χ0v) is 11.3. The molecule has 0 radical (unpaired) electrons. The molecule has 0 bridgehead atoms. The zero-order valence-electron chi connectivity index (χ0n) is 10.5. The van der Waals surface area contributed by atoms with Crippen molar-refractivity contribution in [1.82, 2.24) is 10.6 Å². The van der Waals surface area contributed by atoms with Crippen LogP contribution in [0.3, 0.4) is 0 Å². The van der Waals surface area contributed by atoms with Gasteiger partial charge in [0.2, 0.25) is 0 Å². The first-order valence-electron chi connectivity index (χ1n) is 6.89. The van der Waals surface area contributed by atoms with Crippen molar-refractivity contribution in [3.05, 3.63) is 0 Å². The van der Waals surface area contributed by atoms with Crippen LogP contribution in [0.5, 0.6) is 0 Å². The van der Waals surface area contributed by atoms with Gasteiger partial charge in [0, 0.05) is 18.6 Å². The molecule has 1 saturated carbocycles. The molecule has 2 rings (SSSR count). The molecule has 94 valence electrons. The highest BCUT2D eigenvalue weighted by atomic mass is 32.2. The van der Waals surface area contributed by atoms with Crippen LogP contribution in [0.1, 0.15) is 39.0 Å². The second kappa shape index (κ2) is 6.87. The molecule has 1 saturated heterocycles. The molecule has 2 fully saturated rings. The molecule has 1 aliphatic carbocycles. The molecule has 3 heteroatoms. The lowest BCUT2D eigenvalue weighted by Gasteiger charge is -2.22. The molecular weight excluding hydrogens is 216 g/mol. The van der Waals surface area contributed by atoms with E-state index in [4.69, 9.17) is 0 Å². The third-order valence-corrected chi connectivity index (χ3v) is 4.73. The fourth-order valence-corrected chi connectivity index (χ4v) is 3.48. The van der Waals surface area contributed by atoms with Gasteiger partial charge in [0.05, 0.1) is 0 Å². The summed E-state index contributed by atoms with van der Waals surface area (Å²) in [6.07, 6.45) is 7.06. The van der Waals surface area contributed by atoms with Crippen molar-refractivity contribution in [2.24, 2.45) is 5.92 Å². The lowest BCUT2D eigenvalue weighted by atomic mass is 9.99. The molecule has 2 nitrogen and oxygen atoms in total. The Morgan fingerprint density at radius 3 is 2.62 bits per heavy atom. The van der Waals surface area contributed by atoms with Crippen LogP contribution >= 0.6 is 11.8 Å². The average molecular weight is 242 g/mol. The average Bonchev–Trinajstić information content (AvgIpc) is 3.12. The molecular formula is C13H26N2S. The molecule has 1 unspecified atom stereocenters. The SMILES string of the molecule is CC(CNC1CC1)NCCC1CCSCC1. The third-order valence-electron chi connectivity index (χ3n) is 3.68. The van der Waals surface area contributed by atoms with Crippen LogP contribution in [0.4, 0.5) is 0 Å². The summed E-state index contributed by atoms with van der Waals surface area (Å²) >= 11 is 2.13. The summed E-state index contributed by atoms with van der Waals surface area (Å²) in [5, 5.41) is 7.22. The minimum atomic E-state index is 0.638. The van der Waals surface area contributed by atoms with Gasteiger partial charge < -0.3 is 10.6 Å². The second-order valence-corrected chi connectivity index (χ2v) is 6.61. The summed E-state index contributed by atoms with van der Waals surface area (Å²) in [7, 11) is 0. The maximum absolute atomic E-state index is 3.64. The predicted octanol–water partition coefficient (Wildman–Crippen LogP) is 2.25. The van der Waals surface area contributed by atoms with Gasteiger partial charge in [-0.05, 0) is 63.0 Å². The van der Waals surface area contributed by atoms with Gasteiger partial charge in [-0.25, -0.2) is 0 Å². The van der Waals surface area contributed by atoms with E-state index in [0.717, 1.165) is 18.5 Å². The van der Waals surface area contributed by atoms with E-state index in [2.05, 4.69) is 29.3 Å². The molecule has 1 aliphatic heterocycles. The molecule has 0 spiro atoms. The van der Waals surface area contributed by atoms with Crippen LogP contribution in [0.2, 0.25) is 0 Å². The molecule has 2 N–H and O–H groups in total. The Hall–Kier alpha value is 0.270. The Kier molecular flexibility index (Phi) is 5.46. The van der Waals surface area contributed by atoms with Gasteiger partial charge in [-0.2, -0.15) is 11.8 Å². The van der Waals surface area contributed by atoms with Gasteiger partial charge in [0.15, 0.2) is 0 Å². The Morgan fingerprint density at radius 1 is 1.19 bits per heavy atom. The van der Waals surface area contributed by atoms with Crippen LogP contribution in [-0.2, 0) is 0 Å². The van der Waals surface area contributed by atoms with Crippen molar-refractivity contribution >= 4 is 11.8 Å². The largest absolute Gasteiger partial charge is 0.313 e. The van der Waals surface area contributed by atoms with Crippen molar-refractivity contribution in [1.29, 1.82) is 0 Å². The van der Waals surface area contributed by atoms with Crippen LogP contribution in [-0.4, -0.2) is 36.7 Å². The monoisotopic (exact) mass is 242 g/mol. The molecule has 0 aromatic rings. The first-order chi connectivity index (χ1) is 7.84. The highest BCUT2D eigenvalue weighted by Crippen LogP contribution is 2.24. The second-order valence-electron chi connectivity index (χ2n) is 5.38. The molecule has 2 aliphatic rings. The quantitative estimate of drug-likeness (QED) is 0.716. The minimum absolute atomic E-state index is 0.638. The van der Waals surface area contributed by atoms with E-state index in [0.29, 0.717) is 6.04 Å². The lowest BCUT2D eigenvalue weighted by Crippen LogP contribution is -2.38. The van der Waals surface area contributed by atoms with Crippen molar-refractivity contribution in [2.45, 2.75) is 51.1 Å². The summed E-state index contributed by atoms with van der Waals surface area (Å²) in [5.74, 6) is 3.78. The van der Waals surface area contributed by atoms with Gasteiger partial charge in [-0.3, -0.25) is 0 Å². The lowest BCUT2D eigenvalue weighted by molar-refractivity contribution is 0.412. The van der Waals surface area contributed by atoms with E-state index in [1.165, 1.54) is 50.2 Å². The highest BCUT2D eigenvalue weighted by molar-refractivity contribution is 7.99. The summed E-state index contributed by atoms with van der Waals surface area (Å²) in [6, 6.07) is 1.48. The smallest absolute Gasteiger partial charge is 0.0164 e. The topological polar surface area (TPSA) is 24.1 Å². The maximum atomic E-state index is 3.64. The molecule has 1 heterocycles. The van der Waals surface area contributed by atoms with E-state index in [9.17, 15) is 0 Å². The first-order valence-corrected chi connectivity index (χ1v) is 8.04. The van der Waals surface area contributed by atoms with E-state index >= 15 is 0 Å². The normalized spacial score (nSPS) is 24.6. The van der Waals surface area contributed by atoms with Crippen molar-refractivity contribution in [2.75, 3.05) is 24.6 Å². The van der Waals surface area contributed by atoms with Gasteiger partial charge in [-0.1, -0.05) is 0 Å². The molecule has 16 heavy (non-hydrogen) atoms. The summed E-state index contributed by atoms with van der Waals surface area (Å²) in [5.41, 5.74) is 0. The number of hydrogen-bond donors (Lipinski definition) is 2. The van der Waals surface area contributed by atoms with Crippen molar-refractivity contribution < 1.29 is 0 Å². The first kappa shape index (κ1) is 12.7. The van der Waals surface area contributed by atoms with Crippen LogP contribution in [0.15, 0.2) is 0 Å². The highest BCUT2D eigenvalue weighted by Gasteiger charge is 2.20. The van der Waals surface area contributed by atoms with Crippen LogP contribution in [0, 0.1) is 5.92 Å². The van der Waals surface area contributed by atoms with Gasteiger partial charge >= 0.3 is 0 Å². The molecule has 0 amide bonds. The Balaban J connectivity index is 1.45. The number of thioether (sulfide) groups is 1. The van der Waals surface area contributed by atoms with Crippen LogP contribution < -0.4 is 10.6 Å². The molecule has 1 atom stereocenters. The van der Waals surface area contributed by atoms with E-state index in [1.807, 2.05) is 0 Å². The van der Waals surface area contributed by atoms with E-state index < -0.39 is 0 Å². The van der Waals surface area contributed by atoms with Crippen molar-refractivity contribution in [3.8, 4) is 0 Å². The van der Waals surface area contributed by atoms with Crippen LogP contribution in [0.25, 0.3) is 0 Å². The summed E-state index contributed by atoms with van der Waals surface area (Å²) in [6.45, 7) is 4.65. The summed E-state index contributed by atoms with van der Waals surface area (Å²) in [4.78, 5) is 0. The van der Waals surface area contributed by atoms with Gasteiger partial charge in [0.25, 0.3) is 0 Å².